The Morgan fingerprint density at radius 3 is 1.87 bits per heavy atom. The Labute approximate surface area is 232 Å². The number of ether oxygens (including phenoxy) is 4. The molecule has 1 unspecified atom stereocenters. The Hall–Kier alpha value is -3.41. The fraction of sp³-hybridized carbons (Fsp3) is 0.382. The molecular formula is C34H40O5. The van der Waals surface area contributed by atoms with E-state index in [0.29, 0.717) is 32.8 Å². The average Bonchev–Trinajstić information content (AvgIpc) is 3.11. The molecule has 0 spiro atoms. The lowest BCUT2D eigenvalue weighted by atomic mass is 9.93. The largest absolute Gasteiger partial charge is 0.491 e. The summed E-state index contributed by atoms with van der Waals surface area (Å²) in [6.07, 6.45) is 6.13. The first-order valence-corrected chi connectivity index (χ1v) is 14.1. The van der Waals surface area contributed by atoms with Crippen molar-refractivity contribution in [1.82, 2.24) is 0 Å². The molecule has 39 heavy (non-hydrogen) atoms. The van der Waals surface area contributed by atoms with E-state index in [2.05, 4.69) is 62.4 Å². The van der Waals surface area contributed by atoms with Gasteiger partial charge in [0.2, 0.25) is 0 Å². The predicted molar refractivity (Wildman–Crippen MR) is 156 cm³/mol. The first-order chi connectivity index (χ1) is 19.1. The van der Waals surface area contributed by atoms with E-state index in [-0.39, 0.29) is 12.1 Å². The third kappa shape index (κ3) is 7.37. The summed E-state index contributed by atoms with van der Waals surface area (Å²) in [5.74, 6) is 0.431. The minimum Gasteiger partial charge on any atom is -0.491 e. The van der Waals surface area contributed by atoms with Crippen LogP contribution in [-0.4, -0.2) is 38.5 Å². The summed E-state index contributed by atoms with van der Waals surface area (Å²) in [5, 5.41) is 0. The van der Waals surface area contributed by atoms with Crippen LogP contribution in [-0.2, 0) is 38.3 Å². The van der Waals surface area contributed by atoms with Crippen molar-refractivity contribution in [2.45, 2.75) is 59.2 Å². The van der Waals surface area contributed by atoms with Gasteiger partial charge in [-0.3, -0.25) is 0 Å². The zero-order valence-corrected chi connectivity index (χ0v) is 23.6. The lowest BCUT2D eigenvalue weighted by Gasteiger charge is -2.22. The van der Waals surface area contributed by atoms with Crippen molar-refractivity contribution in [2.75, 3.05) is 26.4 Å². The van der Waals surface area contributed by atoms with E-state index >= 15 is 0 Å². The minimum absolute atomic E-state index is 0.161. The van der Waals surface area contributed by atoms with Gasteiger partial charge in [0.1, 0.15) is 18.5 Å². The Bertz CT molecular complexity index is 1200. The zero-order chi connectivity index (χ0) is 27.6. The van der Waals surface area contributed by atoms with Gasteiger partial charge in [-0.05, 0) is 77.8 Å². The van der Waals surface area contributed by atoms with Crippen LogP contribution in [0.15, 0.2) is 60.7 Å². The van der Waals surface area contributed by atoms with Gasteiger partial charge in [0, 0.05) is 13.0 Å². The molecule has 0 saturated carbocycles. The lowest BCUT2D eigenvalue weighted by molar-refractivity contribution is -0.156. The molecule has 5 nitrogen and oxygen atoms in total. The van der Waals surface area contributed by atoms with Crippen LogP contribution in [0.2, 0.25) is 0 Å². The number of esters is 1. The van der Waals surface area contributed by atoms with Crippen LogP contribution in [0, 0.1) is 0 Å². The molecule has 4 rings (SSSR count). The number of hydrogen-bond donors (Lipinski definition) is 0. The van der Waals surface area contributed by atoms with Crippen LogP contribution >= 0.6 is 0 Å². The number of rotatable bonds is 13. The van der Waals surface area contributed by atoms with Gasteiger partial charge in [-0.25, -0.2) is 4.79 Å². The van der Waals surface area contributed by atoms with Gasteiger partial charge in [-0.1, -0.05) is 74.5 Å². The molecule has 1 aliphatic rings. The molecule has 0 fully saturated rings. The van der Waals surface area contributed by atoms with Crippen LogP contribution in [0.5, 0.6) is 5.75 Å². The zero-order valence-electron chi connectivity index (χ0n) is 23.6. The number of benzene rings is 3. The fourth-order valence-electron chi connectivity index (χ4n) is 4.89. The maximum atomic E-state index is 12.2. The number of carbonyl (C=O) groups excluding carboxylic acids is 1. The van der Waals surface area contributed by atoms with E-state index in [9.17, 15) is 4.79 Å². The summed E-state index contributed by atoms with van der Waals surface area (Å²) in [6.45, 7) is 9.70. The molecule has 206 valence electrons. The Balaban J connectivity index is 1.40. The molecule has 0 amide bonds. The van der Waals surface area contributed by atoms with Crippen molar-refractivity contribution >= 4 is 18.1 Å². The summed E-state index contributed by atoms with van der Waals surface area (Å²) in [4.78, 5) is 12.2. The molecule has 1 aliphatic carbocycles. The minimum atomic E-state index is -0.600. The van der Waals surface area contributed by atoms with Crippen LogP contribution in [0.4, 0.5) is 0 Å². The molecule has 3 aromatic rings. The lowest BCUT2D eigenvalue weighted by Crippen LogP contribution is -2.28. The van der Waals surface area contributed by atoms with Gasteiger partial charge in [-0.2, -0.15) is 0 Å². The van der Waals surface area contributed by atoms with Crippen molar-refractivity contribution in [1.29, 1.82) is 0 Å². The number of fused-ring (bicyclic) bond motifs is 2. The highest BCUT2D eigenvalue weighted by atomic mass is 16.6. The van der Waals surface area contributed by atoms with Crippen LogP contribution < -0.4 is 4.74 Å². The Morgan fingerprint density at radius 1 is 0.744 bits per heavy atom. The topological polar surface area (TPSA) is 54.0 Å². The molecule has 0 heterocycles. The number of aryl methyl sites for hydroxylation is 2. The van der Waals surface area contributed by atoms with Crippen molar-refractivity contribution in [3.8, 4) is 5.75 Å². The van der Waals surface area contributed by atoms with Crippen molar-refractivity contribution in [2.24, 2.45) is 0 Å². The Kier molecular flexibility index (Phi) is 10.3. The van der Waals surface area contributed by atoms with Crippen molar-refractivity contribution in [3.63, 3.8) is 0 Å². The first-order valence-electron chi connectivity index (χ1n) is 14.1. The molecular weight excluding hydrogens is 488 g/mol. The van der Waals surface area contributed by atoms with Gasteiger partial charge in [0.25, 0.3) is 0 Å². The number of carbonyl (C=O) groups is 1. The van der Waals surface area contributed by atoms with Crippen LogP contribution in [0.1, 0.15) is 72.7 Å². The van der Waals surface area contributed by atoms with Crippen molar-refractivity contribution < 1.29 is 23.7 Å². The van der Waals surface area contributed by atoms with Crippen molar-refractivity contribution in [3.05, 3.63) is 99.6 Å². The highest BCUT2D eigenvalue weighted by Gasteiger charge is 2.23. The molecule has 0 aromatic heterocycles. The van der Waals surface area contributed by atoms with E-state index in [0.717, 1.165) is 24.2 Å². The molecule has 3 aromatic carbocycles. The predicted octanol–water partition coefficient (Wildman–Crippen LogP) is 6.99. The summed E-state index contributed by atoms with van der Waals surface area (Å²) in [5.41, 5.74) is 8.40. The maximum absolute atomic E-state index is 12.2. The molecule has 0 N–H and O–H groups in total. The summed E-state index contributed by atoms with van der Waals surface area (Å²) < 4.78 is 23.2. The average molecular weight is 529 g/mol. The Morgan fingerprint density at radius 2 is 1.33 bits per heavy atom. The fourth-order valence-corrected chi connectivity index (χ4v) is 4.89. The van der Waals surface area contributed by atoms with Gasteiger partial charge in [0.05, 0.1) is 13.2 Å². The standard InChI is InChI=1S/C34H40O5/c1-5-24-11-17-30-27(21-24)13-14-28-22-25(6-2)12-18-31(28)33(30)39-20-19-38-29-15-9-26(10-16-29)23-32(36-7-3)34(35)37-8-4/h9-18,21-22,32-33H,5-8,19-20,23H2,1-4H3. The quantitative estimate of drug-likeness (QED) is 0.177. The van der Waals surface area contributed by atoms with Gasteiger partial charge in [0.15, 0.2) is 6.10 Å². The second-order valence-electron chi connectivity index (χ2n) is 9.61. The number of hydrogen-bond acceptors (Lipinski definition) is 5. The van der Waals surface area contributed by atoms with E-state index in [1.165, 1.54) is 33.4 Å². The SMILES string of the molecule is CCOC(=O)C(Cc1ccc(OCCOC2c3ccc(CC)cc3C=Cc3cc(CC)ccc32)cc1)OCC. The molecule has 0 aliphatic heterocycles. The van der Waals surface area contributed by atoms with E-state index < -0.39 is 6.10 Å². The molecule has 5 heteroatoms. The molecule has 0 radical (unpaired) electrons. The second kappa shape index (κ2) is 14.1. The van der Waals surface area contributed by atoms with E-state index in [4.69, 9.17) is 18.9 Å². The third-order valence-corrected chi connectivity index (χ3v) is 7.02. The highest BCUT2D eigenvalue weighted by Crippen LogP contribution is 2.36. The highest BCUT2D eigenvalue weighted by molar-refractivity contribution is 5.77. The van der Waals surface area contributed by atoms with E-state index in [1.54, 1.807) is 6.92 Å². The third-order valence-electron chi connectivity index (χ3n) is 7.02. The molecule has 0 bridgehead atoms. The van der Waals surface area contributed by atoms with Gasteiger partial charge >= 0.3 is 5.97 Å². The smallest absolute Gasteiger partial charge is 0.335 e. The molecule has 0 saturated heterocycles. The van der Waals surface area contributed by atoms with Gasteiger partial charge < -0.3 is 18.9 Å². The molecule has 1 atom stereocenters. The monoisotopic (exact) mass is 528 g/mol. The first kappa shape index (κ1) is 28.6. The van der Waals surface area contributed by atoms with Crippen LogP contribution in [0.3, 0.4) is 0 Å². The summed E-state index contributed by atoms with van der Waals surface area (Å²) in [7, 11) is 0. The summed E-state index contributed by atoms with van der Waals surface area (Å²) >= 11 is 0. The normalized spacial score (nSPS) is 13.3. The van der Waals surface area contributed by atoms with Gasteiger partial charge in [-0.15, -0.1) is 0 Å². The summed E-state index contributed by atoms with van der Waals surface area (Å²) in [6, 6.07) is 21.1. The maximum Gasteiger partial charge on any atom is 0.335 e. The second-order valence-corrected chi connectivity index (χ2v) is 9.61. The van der Waals surface area contributed by atoms with Crippen LogP contribution in [0.25, 0.3) is 12.2 Å². The van der Waals surface area contributed by atoms with E-state index in [1.807, 2.05) is 31.2 Å².